The number of hydrogen-bond donors (Lipinski definition) is 3. The van der Waals surface area contributed by atoms with E-state index in [0.29, 0.717) is 31.6 Å². The van der Waals surface area contributed by atoms with E-state index < -0.39 is 5.97 Å². The van der Waals surface area contributed by atoms with Gasteiger partial charge in [-0.25, -0.2) is 9.59 Å². The first-order chi connectivity index (χ1) is 9.47. The third-order valence-corrected chi connectivity index (χ3v) is 3.52. The lowest BCUT2D eigenvalue weighted by atomic mass is 10.1. The highest BCUT2D eigenvalue weighted by molar-refractivity contribution is 6.34. The van der Waals surface area contributed by atoms with E-state index in [4.69, 9.17) is 16.7 Å². The second kappa shape index (κ2) is 6.11. The van der Waals surface area contributed by atoms with Gasteiger partial charge in [0.25, 0.3) is 0 Å². The molecule has 0 spiro atoms. The predicted octanol–water partition coefficient (Wildman–Crippen LogP) is 2.03. The van der Waals surface area contributed by atoms with Crippen LogP contribution in [0.2, 0.25) is 5.02 Å². The summed E-state index contributed by atoms with van der Waals surface area (Å²) >= 11 is 5.94. The Morgan fingerprint density at radius 2 is 1.95 bits per heavy atom. The normalized spacial score (nSPS) is 16.0. The minimum absolute atomic E-state index is 0.0640. The van der Waals surface area contributed by atoms with Crippen molar-refractivity contribution in [1.29, 1.82) is 0 Å². The molecule has 0 bridgehead atoms. The summed E-state index contributed by atoms with van der Waals surface area (Å²) in [5, 5.41) is 21.0. The number of likely N-dealkylation sites (tertiary alicyclic amines) is 1. The van der Waals surface area contributed by atoms with Crippen molar-refractivity contribution in [2.75, 3.05) is 18.4 Å². The van der Waals surface area contributed by atoms with Gasteiger partial charge in [-0.3, -0.25) is 0 Å². The molecule has 20 heavy (non-hydrogen) atoms. The Balaban J connectivity index is 2.02. The van der Waals surface area contributed by atoms with E-state index in [1.54, 1.807) is 4.90 Å². The van der Waals surface area contributed by atoms with Crippen molar-refractivity contribution < 1.29 is 19.8 Å². The van der Waals surface area contributed by atoms with E-state index in [0.717, 1.165) is 0 Å². The minimum Gasteiger partial charge on any atom is -0.478 e. The van der Waals surface area contributed by atoms with E-state index in [2.05, 4.69) is 5.32 Å². The second-order valence-corrected chi connectivity index (χ2v) is 5.06. The lowest BCUT2D eigenvalue weighted by Gasteiger charge is -2.29. The molecule has 2 amide bonds. The summed E-state index contributed by atoms with van der Waals surface area (Å²) in [6.07, 6.45) is 0.760. The fraction of sp³-hybridized carbons (Fsp3) is 0.385. The average molecular weight is 299 g/mol. The number of aliphatic hydroxyl groups is 1. The Hall–Kier alpha value is -1.79. The van der Waals surface area contributed by atoms with Gasteiger partial charge in [0.05, 0.1) is 22.4 Å². The van der Waals surface area contributed by atoms with Crippen molar-refractivity contribution >= 4 is 29.3 Å². The molecule has 1 heterocycles. The Kier molecular flexibility index (Phi) is 4.46. The quantitative estimate of drug-likeness (QED) is 0.779. The molecule has 2 rings (SSSR count). The second-order valence-electron chi connectivity index (χ2n) is 4.65. The molecule has 1 fully saturated rings. The highest BCUT2D eigenvalue weighted by Gasteiger charge is 2.21. The predicted molar refractivity (Wildman–Crippen MR) is 74.2 cm³/mol. The molecule has 0 saturated carbocycles. The van der Waals surface area contributed by atoms with E-state index in [1.807, 2.05) is 0 Å². The van der Waals surface area contributed by atoms with Gasteiger partial charge >= 0.3 is 12.0 Å². The number of anilines is 1. The monoisotopic (exact) mass is 298 g/mol. The molecule has 0 aromatic heterocycles. The van der Waals surface area contributed by atoms with E-state index in [-0.39, 0.29) is 22.7 Å². The Morgan fingerprint density at radius 1 is 1.30 bits per heavy atom. The maximum Gasteiger partial charge on any atom is 0.335 e. The van der Waals surface area contributed by atoms with Gasteiger partial charge in [0.1, 0.15) is 0 Å². The third kappa shape index (κ3) is 3.40. The summed E-state index contributed by atoms with van der Waals surface area (Å²) in [5.74, 6) is -1.07. The van der Waals surface area contributed by atoms with Gasteiger partial charge in [-0.2, -0.15) is 0 Å². The summed E-state index contributed by atoms with van der Waals surface area (Å²) in [4.78, 5) is 24.4. The number of rotatable bonds is 2. The molecule has 1 aliphatic rings. The molecule has 0 unspecified atom stereocenters. The summed E-state index contributed by atoms with van der Waals surface area (Å²) in [5.41, 5.74) is 0.432. The fourth-order valence-corrected chi connectivity index (χ4v) is 2.24. The van der Waals surface area contributed by atoms with Gasteiger partial charge < -0.3 is 20.4 Å². The Labute approximate surface area is 121 Å². The van der Waals surface area contributed by atoms with Crippen LogP contribution in [0.25, 0.3) is 0 Å². The van der Waals surface area contributed by atoms with Crippen LogP contribution in [0.15, 0.2) is 18.2 Å². The SMILES string of the molecule is O=C(O)c1ccc(NC(=O)N2CCC(O)CC2)c(Cl)c1. The van der Waals surface area contributed by atoms with Crippen molar-refractivity contribution in [3.05, 3.63) is 28.8 Å². The lowest BCUT2D eigenvalue weighted by molar-refractivity contribution is 0.0696. The smallest absolute Gasteiger partial charge is 0.335 e. The molecular weight excluding hydrogens is 284 g/mol. The van der Waals surface area contributed by atoms with Gasteiger partial charge in [-0.1, -0.05) is 11.6 Å². The van der Waals surface area contributed by atoms with E-state index >= 15 is 0 Å². The van der Waals surface area contributed by atoms with Crippen LogP contribution in [-0.2, 0) is 0 Å². The number of halogens is 1. The van der Waals surface area contributed by atoms with Crippen LogP contribution in [0.1, 0.15) is 23.2 Å². The first-order valence-electron chi connectivity index (χ1n) is 6.24. The van der Waals surface area contributed by atoms with Crippen LogP contribution in [0.3, 0.4) is 0 Å². The molecule has 0 aliphatic carbocycles. The van der Waals surface area contributed by atoms with Crippen molar-refractivity contribution in [1.82, 2.24) is 4.90 Å². The maximum atomic E-state index is 12.0. The number of nitrogens with one attached hydrogen (secondary N) is 1. The number of carbonyl (C=O) groups is 2. The number of piperidine rings is 1. The van der Waals surface area contributed by atoms with Gasteiger partial charge in [-0.05, 0) is 31.0 Å². The summed E-state index contributed by atoms with van der Waals surface area (Å²) in [6, 6.07) is 3.83. The zero-order chi connectivity index (χ0) is 14.7. The maximum absolute atomic E-state index is 12.0. The number of amides is 2. The number of carbonyl (C=O) groups excluding carboxylic acids is 1. The largest absolute Gasteiger partial charge is 0.478 e. The van der Waals surface area contributed by atoms with Crippen molar-refractivity contribution in [2.45, 2.75) is 18.9 Å². The van der Waals surface area contributed by atoms with Crippen LogP contribution < -0.4 is 5.32 Å². The molecule has 0 radical (unpaired) electrons. The Bertz CT molecular complexity index is 527. The Morgan fingerprint density at radius 3 is 2.50 bits per heavy atom. The number of aromatic carboxylic acids is 1. The topological polar surface area (TPSA) is 89.9 Å². The highest BCUT2D eigenvalue weighted by Crippen LogP contribution is 2.24. The van der Waals surface area contributed by atoms with E-state index in [1.165, 1.54) is 18.2 Å². The molecule has 6 nitrogen and oxygen atoms in total. The number of hydrogen-bond acceptors (Lipinski definition) is 3. The standard InChI is InChI=1S/C13H15ClN2O4/c14-10-7-8(12(18)19)1-2-11(10)15-13(20)16-5-3-9(17)4-6-16/h1-2,7,9,17H,3-6H2,(H,15,20)(H,18,19). The molecule has 3 N–H and O–H groups in total. The van der Waals surface area contributed by atoms with Gasteiger partial charge in [-0.15, -0.1) is 0 Å². The first kappa shape index (κ1) is 14.6. The van der Waals surface area contributed by atoms with Gasteiger partial charge in [0.15, 0.2) is 0 Å². The van der Waals surface area contributed by atoms with Crippen LogP contribution in [0.4, 0.5) is 10.5 Å². The van der Waals surface area contributed by atoms with Crippen molar-refractivity contribution in [2.24, 2.45) is 0 Å². The van der Waals surface area contributed by atoms with Crippen molar-refractivity contribution in [3.63, 3.8) is 0 Å². The van der Waals surface area contributed by atoms with Crippen LogP contribution in [0, 0.1) is 0 Å². The fourth-order valence-electron chi connectivity index (χ4n) is 2.01. The third-order valence-electron chi connectivity index (χ3n) is 3.21. The molecule has 1 aliphatic heterocycles. The number of urea groups is 1. The molecular formula is C13H15ClN2O4. The van der Waals surface area contributed by atoms with Crippen LogP contribution in [-0.4, -0.2) is 46.3 Å². The zero-order valence-corrected chi connectivity index (χ0v) is 11.4. The summed E-state index contributed by atoms with van der Waals surface area (Å²) < 4.78 is 0. The number of nitrogens with zero attached hydrogens (tertiary/aromatic N) is 1. The summed E-state index contributed by atoms with van der Waals surface area (Å²) in [7, 11) is 0. The lowest BCUT2D eigenvalue weighted by Crippen LogP contribution is -2.42. The number of aliphatic hydroxyl groups excluding tert-OH is 1. The minimum atomic E-state index is -1.07. The van der Waals surface area contributed by atoms with E-state index in [9.17, 15) is 14.7 Å². The molecule has 0 atom stereocenters. The molecule has 1 aromatic carbocycles. The molecule has 108 valence electrons. The molecule has 7 heteroatoms. The van der Waals surface area contributed by atoms with Crippen molar-refractivity contribution in [3.8, 4) is 0 Å². The van der Waals surface area contributed by atoms with Crippen LogP contribution in [0.5, 0.6) is 0 Å². The summed E-state index contributed by atoms with van der Waals surface area (Å²) in [6.45, 7) is 0.968. The first-order valence-corrected chi connectivity index (χ1v) is 6.62. The molecule has 1 aromatic rings. The van der Waals surface area contributed by atoms with Gasteiger partial charge in [0, 0.05) is 13.1 Å². The van der Waals surface area contributed by atoms with Crippen LogP contribution >= 0.6 is 11.6 Å². The van der Waals surface area contributed by atoms with Gasteiger partial charge in [0.2, 0.25) is 0 Å². The number of carboxylic acids is 1. The average Bonchev–Trinajstić information content (AvgIpc) is 2.41. The number of benzene rings is 1. The zero-order valence-electron chi connectivity index (χ0n) is 10.7. The molecule has 1 saturated heterocycles. The number of carboxylic acid groups (broad SMARTS) is 1. The highest BCUT2D eigenvalue weighted by atomic mass is 35.5.